The van der Waals surface area contributed by atoms with Gasteiger partial charge in [-0.3, -0.25) is 4.79 Å². The minimum absolute atomic E-state index is 0.0121. The average Bonchev–Trinajstić information content (AvgIpc) is 3.47. The number of anilines is 5. The molecular formula is C29H26F5N7O2S. The lowest BCUT2D eigenvalue weighted by Crippen LogP contribution is -2.43. The lowest BCUT2D eigenvalue weighted by atomic mass is 9.97. The summed E-state index contributed by atoms with van der Waals surface area (Å²) < 4.78 is 71.1. The summed E-state index contributed by atoms with van der Waals surface area (Å²) in [6, 6.07) is 6.52. The van der Waals surface area contributed by atoms with Gasteiger partial charge in [0.1, 0.15) is 17.3 Å². The van der Waals surface area contributed by atoms with Crippen molar-refractivity contribution in [3.8, 4) is 11.3 Å². The number of nitrogens with one attached hydrogen (secondary N) is 2. The fourth-order valence-corrected chi connectivity index (χ4v) is 5.15. The van der Waals surface area contributed by atoms with Crippen molar-refractivity contribution in [3.63, 3.8) is 0 Å². The fraction of sp³-hybridized carbons (Fsp3) is 0.276. The highest BCUT2D eigenvalue weighted by Gasteiger charge is 2.45. The van der Waals surface area contributed by atoms with Crippen LogP contribution in [0.3, 0.4) is 0 Å². The predicted octanol–water partition coefficient (Wildman–Crippen LogP) is 7.23. The first kappa shape index (κ1) is 30.8. The molecule has 0 atom stereocenters. The van der Waals surface area contributed by atoms with E-state index >= 15 is 0 Å². The Morgan fingerprint density at radius 2 is 1.82 bits per heavy atom. The van der Waals surface area contributed by atoms with Gasteiger partial charge in [0.05, 0.1) is 17.9 Å². The molecule has 3 amide bonds. The fourth-order valence-electron chi connectivity index (χ4n) is 4.49. The van der Waals surface area contributed by atoms with Crippen LogP contribution in [-0.2, 0) is 11.3 Å². The number of aryl methyl sites for hydroxylation is 1. The molecule has 0 saturated carbocycles. The summed E-state index contributed by atoms with van der Waals surface area (Å²) in [6.45, 7) is 7.75. The molecule has 0 radical (unpaired) electrons. The highest BCUT2D eigenvalue weighted by atomic mass is 32.1. The zero-order valence-electron chi connectivity index (χ0n) is 23.9. The summed E-state index contributed by atoms with van der Waals surface area (Å²) in [7, 11) is 0. The summed E-state index contributed by atoms with van der Waals surface area (Å²) in [5.74, 6) is -4.28. The van der Waals surface area contributed by atoms with E-state index in [9.17, 15) is 31.5 Å². The minimum atomic E-state index is -5.20. The van der Waals surface area contributed by atoms with Gasteiger partial charge in [0.2, 0.25) is 5.95 Å². The number of carbonyl (C=O) groups excluding carboxylic acids is 2. The van der Waals surface area contributed by atoms with Gasteiger partial charge in [-0.2, -0.15) is 18.2 Å². The van der Waals surface area contributed by atoms with Crippen LogP contribution in [0.5, 0.6) is 0 Å². The Kier molecular flexibility index (Phi) is 8.01. The molecule has 44 heavy (non-hydrogen) atoms. The lowest BCUT2D eigenvalue weighted by molar-refractivity contribution is -0.169. The standard InChI is InChI=1S/C29H26F5N7O2S/c1-15-8-9-16(40(24(42)29(32,33)34)27-35-10-11-44-27)12-17(15)21-18-13-36-26(43)41(22-19(30)6-5-7-20(22)31)23(18)39-25(38-21)37-14-28(2,3)4/h5-12H,13-14H2,1-4H3,(H,36,43)(H,37,38,39). The van der Waals surface area contributed by atoms with Crippen LogP contribution in [0.25, 0.3) is 11.3 Å². The number of rotatable bonds is 6. The highest BCUT2D eigenvalue weighted by Crippen LogP contribution is 2.41. The van der Waals surface area contributed by atoms with Crippen molar-refractivity contribution in [1.82, 2.24) is 20.3 Å². The van der Waals surface area contributed by atoms with Crippen molar-refractivity contribution in [2.24, 2.45) is 5.41 Å². The number of benzene rings is 2. The normalized spacial score (nSPS) is 13.4. The molecule has 3 heterocycles. The summed E-state index contributed by atoms with van der Waals surface area (Å²) in [5.41, 5.74) is 0.209. The van der Waals surface area contributed by atoms with E-state index in [-0.39, 0.29) is 45.8 Å². The third-order valence-corrected chi connectivity index (χ3v) is 7.30. The molecule has 0 bridgehead atoms. The molecule has 0 saturated heterocycles. The number of aromatic nitrogens is 3. The third-order valence-electron chi connectivity index (χ3n) is 6.55. The van der Waals surface area contributed by atoms with E-state index in [1.807, 2.05) is 20.8 Å². The molecule has 2 N–H and O–H groups in total. The quantitative estimate of drug-likeness (QED) is 0.218. The van der Waals surface area contributed by atoms with E-state index in [1.54, 1.807) is 6.92 Å². The number of carbonyl (C=O) groups is 2. The Morgan fingerprint density at radius 3 is 2.43 bits per heavy atom. The van der Waals surface area contributed by atoms with Crippen LogP contribution in [0.15, 0.2) is 48.0 Å². The molecule has 1 aliphatic rings. The third kappa shape index (κ3) is 6.04. The van der Waals surface area contributed by atoms with Gasteiger partial charge in [-0.25, -0.2) is 33.3 Å². The van der Waals surface area contributed by atoms with Crippen LogP contribution in [0.1, 0.15) is 31.9 Å². The van der Waals surface area contributed by atoms with Crippen molar-refractivity contribution in [2.45, 2.75) is 40.4 Å². The molecular weight excluding hydrogens is 605 g/mol. The molecule has 15 heteroatoms. The monoisotopic (exact) mass is 631 g/mol. The number of hydrogen-bond donors (Lipinski definition) is 2. The number of alkyl halides is 3. The predicted molar refractivity (Wildman–Crippen MR) is 156 cm³/mol. The SMILES string of the molecule is Cc1ccc(N(C(=O)C(F)(F)F)c2nccs2)cc1-c1nc(NCC(C)(C)C)nc2c1CNC(=O)N2c1c(F)cccc1F. The van der Waals surface area contributed by atoms with Crippen LogP contribution in [0, 0.1) is 24.0 Å². The van der Waals surface area contributed by atoms with Crippen molar-refractivity contribution >= 4 is 51.5 Å². The summed E-state index contributed by atoms with van der Waals surface area (Å²) in [5, 5.41) is 6.90. The van der Waals surface area contributed by atoms with E-state index < -0.39 is 35.4 Å². The lowest BCUT2D eigenvalue weighted by Gasteiger charge is -2.31. The molecule has 2 aromatic heterocycles. The van der Waals surface area contributed by atoms with Gasteiger partial charge in [-0.05, 0) is 42.2 Å². The maximum Gasteiger partial charge on any atom is 0.472 e. The molecule has 1 aliphatic heterocycles. The molecule has 5 rings (SSSR count). The summed E-state index contributed by atoms with van der Waals surface area (Å²) in [4.78, 5) is 39.9. The van der Waals surface area contributed by atoms with E-state index in [0.29, 0.717) is 22.6 Å². The Labute approximate surface area is 252 Å². The molecule has 230 valence electrons. The van der Waals surface area contributed by atoms with E-state index in [0.717, 1.165) is 34.4 Å². The smallest absolute Gasteiger partial charge is 0.354 e. The van der Waals surface area contributed by atoms with Gasteiger partial charge in [-0.15, -0.1) is 11.3 Å². The Bertz CT molecular complexity index is 1720. The zero-order valence-corrected chi connectivity index (χ0v) is 24.7. The molecule has 9 nitrogen and oxygen atoms in total. The molecule has 4 aromatic rings. The maximum atomic E-state index is 15.0. The van der Waals surface area contributed by atoms with Gasteiger partial charge >= 0.3 is 18.1 Å². The second-order valence-electron chi connectivity index (χ2n) is 11.1. The second kappa shape index (κ2) is 11.4. The molecule has 0 spiro atoms. The number of nitrogens with zero attached hydrogens (tertiary/aromatic N) is 5. The number of para-hydroxylation sites is 1. The Hall–Kier alpha value is -4.66. The van der Waals surface area contributed by atoms with Gasteiger partial charge < -0.3 is 10.6 Å². The molecule has 0 fully saturated rings. The van der Waals surface area contributed by atoms with Crippen LogP contribution in [0.2, 0.25) is 0 Å². The Morgan fingerprint density at radius 1 is 1.11 bits per heavy atom. The molecule has 0 unspecified atom stereocenters. The Balaban J connectivity index is 1.74. The molecule has 0 aliphatic carbocycles. The summed E-state index contributed by atoms with van der Waals surface area (Å²) in [6.07, 6.45) is -3.93. The highest BCUT2D eigenvalue weighted by molar-refractivity contribution is 7.13. The van der Waals surface area contributed by atoms with Crippen molar-refractivity contribution in [2.75, 3.05) is 21.7 Å². The van der Waals surface area contributed by atoms with Crippen molar-refractivity contribution < 1.29 is 31.5 Å². The zero-order chi connectivity index (χ0) is 32.0. The van der Waals surface area contributed by atoms with Gasteiger partial charge in [0.25, 0.3) is 0 Å². The van der Waals surface area contributed by atoms with Crippen LogP contribution < -0.4 is 20.4 Å². The number of urea groups is 1. The van der Waals surface area contributed by atoms with Crippen LogP contribution in [-0.4, -0.2) is 39.6 Å². The number of hydrogen-bond acceptors (Lipinski definition) is 7. The summed E-state index contributed by atoms with van der Waals surface area (Å²) >= 11 is 0.844. The van der Waals surface area contributed by atoms with E-state index in [2.05, 4.69) is 25.6 Å². The van der Waals surface area contributed by atoms with Crippen molar-refractivity contribution in [3.05, 3.63) is 70.7 Å². The second-order valence-corrected chi connectivity index (χ2v) is 12.0. The largest absolute Gasteiger partial charge is 0.472 e. The average molecular weight is 632 g/mol. The number of thiazole rings is 1. The first-order chi connectivity index (χ1) is 20.7. The van der Waals surface area contributed by atoms with Crippen molar-refractivity contribution in [1.29, 1.82) is 0 Å². The van der Waals surface area contributed by atoms with Gasteiger partial charge in [-0.1, -0.05) is 32.9 Å². The number of halogens is 5. The first-order valence-electron chi connectivity index (χ1n) is 13.2. The number of amides is 3. The van der Waals surface area contributed by atoms with Crippen LogP contribution >= 0.6 is 11.3 Å². The maximum absolute atomic E-state index is 15.0. The molecule has 2 aromatic carbocycles. The van der Waals surface area contributed by atoms with Gasteiger partial charge in [0, 0.05) is 29.2 Å². The first-order valence-corrected chi connectivity index (χ1v) is 14.1. The van der Waals surface area contributed by atoms with Gasteiger partial charge in [0.15, 0.2) is 10.9 Å². The van der Waals surface area contributed by atoms with E-state index in [4.69, 9.17) is 0 Å². The number of fused-ring (bicyclic) bond motifs is 1. The topological polar surface area (TPSA) is 103 Å². The van der Waals surface area contributed by atoms with E-state index in [1.165, 1.54) is 29.8 Å². The minimum Gasteiger partial charge on any atom is -0.354 e. The van der Waals surface area contributed by atoms with Crippen LogP contribution in [0.4, 0.5) is 55.0 Å².